The second kappa shape index (κ2) is 7.86. The van der Waals surface area contributed by atoms with Gasteiger partial charge in [-0.05, 0) is 25.7 Å². The Balaban J connectivity index is 1.25. The molecule has 2 N–H and O–H groups in total. The summed E-state index contributed by atoms with van der Waals surface area (Å²) >= 11 is 6.34. The minimum atomic E-state index is -0.0360. The van der Waals surface area contributed by atoms with Gasteiger partial charge in [0.25, 0.3) is 0 Å². The Morgan fingerprint density at radius 3 is 2.84 bits per heavy atom. The van der Waals surface area contributed by atoms with Crippen LogP contribution in [0, 0.1) is 0 Å². The van der Waals surface area contributed by atoms with Crippen LogP contribution < -0.4 is 10.2 Å². The lowest BCUT2D eigenvalue weighted by Crippen LogP contribution is -2.24. The quantitative estimate of drug-likeness (QED) is 0.415. The van der Waals surface area contributed by atoms with Gasteiger partial charge in [-0.15, -0.1) is 0 Å². The van der Waals surface area contributed by atoms with Crippen LogP contribution in [0.2, 0.25) is 5.15 Å². The fourth-order valence-corrected chi connectivity index (χ4v) is 4.21. The number of halogens is 1. The summed E-state index contributed by atoms with van der Waals surface area (Å²) in [4.78, 5) is 19.7. The molecule has 1 aliphatic carbocycles. The van der Waals surface area contributed by atoms with Crippen LogP contribution in [0.1, 0.15) is 49.1 Å². The van der Waals surface area contributed by atoms with Crippen molar-refractivity contribution in [2.24, 2.45) is 0 Å². The molecule has 2 aliphatic rings. The van der Waals surface area contributed by atoms with Crippen LogP contribution in [0.3, 0.4) is 0 Å². The molecular weight excluding hydrogens is 430 g/mol. The van der Waals surface area contributed by atoms with Gasteiger partial charge in [-0.2, -0.15) is 10.1 Å². The molecule has 0 radical (unpaired) electrons. The number of nitrogens with one attached hydrogen (secondary N) is 2. The lowest BCUT2D eigenvalue weighted by Gasteiger charge is -2.23. The maximum atomic E-state index is 6.34. The van der Waals surface area contributed by atoms with E-state index in [2.05, 4.69) is 40.5 Å². The summed E-state index contributed by atoms with van der Waals surface area (Å²) in [5.41, 5.74) is 2.47. The highest BCUT2D eigenvalue weighted by Crippen LogP contribution is 2.40. The van der Waals surface area contributed by atoms with E-state index in [-0.39, 0.29) is 6.04 Å². The van der Waals surface area contributed by atoms with Gasteiger partial charge in [-0.3, -0.25) is 15.1 Å². The third kappa shape index (κ3) is 3.77. The molecule has 0 bridgehead atoms. The van der Waals surface area contributed by atoms with E-state index in [0.29, 0.717) is 34.2 Å². The van der Waals surface area contributed by atoms with Crippen molar-refractivity contribution in [3.05, 3.63) is 53.4 Å². The van der Waals surface area contributed by atoms with E-state index in [1.807, 2.05) is 12.1 Å². The van der Waals surface area contributed by atoms with E-state index >= 15 is 0 Å². The van der Waals surface area contributed by atoms with Gasteiger partial charge in [0, 0.05) is 48.7 Å². The second-order valence-electron chi connectivity index (χ2n) is 8.04. The van der Waals surface area contributed by atoms with Crippen LogP contribution in [0.4, 0.5) is 17.6 Å². The lowest BCUT2D eigenvalue weighted by atomic mass is 10.1. The Labute approximate surface area is 188 Å². The third-order valence-corrected chi connectivity index (χ3v) is 5.94. The average molecular weight is 450 g/mol. The van der Waals surface area contributed by atoms with E-state index < -0.39 is 0 Å². The van der Waals surface area contributed by atoms with Gasteiger partial charge in [0.05, 0.1) is 12.2 Å². The summed E-state index contributed by atoms with van der Waals surface area (Å²) < 4.78 is 5.66. The zero-order valence-electron chi connectivity index (χ0n) is 17.1. The standard InChI is InChI=1S/C21H20ClN9O/c22-18-10-19(26-20-9-13(28-29-20)12-3-4-12)27-21(25-18)31-7-1-2-16(31)17-8-14(30-32-17)15-11-23-5-6-24-15/h5-6,8-12,16H,1-4,7H2,(H2,25,26,27,28,29). The van der Waals surface area contributed by atoms with Crippen LogP contribution in [-0.2, 0) is 0 Å². The minimum absolute atomic E-state index is 0.0360. The second-order valence-corrected chi connectivity index (χ2v) is 8.43. The van der Waals surface area contributed by atoms with Crippen LogP contribution in [0.15, 0.2) is 41.3 Å². The highest BCUT2D eigenvalue weighted by Gasteiger charge is 2.32. The first kappa shape index (κ1) is 19.2. The Bertz CT molecular complexity index is 1240. The Morgan fingerprint density at radius 1 is 1.06 bits per heavy atom. The first-order valence-electron chi connectivity index (χ1n) is 10.6. The molecule has 1 atom stereocenters. The lowest BCUT2D eigenvalue weighted by molar-refractivity contribution is 0.362. The summed E-state index contributed by atoms with van der Waals surface area (Å²) in [7, 11) is 0. The number of aromatic nitrogens is 7. The van der Waals surface area contributed by atoms with Crippen LogP contribution in [-0.4, -0.2) is 41.8 Å². The van der Waals surface area contributed by atoms with E-state index in [4.69, 9.17) is 21.1 Å². The first-order chi connectivity index (χ1) is 15.7. The fraction of sp³-hybridized carbons (Fsp3) is 0.333. The normalized spacial score (nSPS) is 18.3. The van der Waals surface area contributed by atoms with Gasteiger partial charge in [0.15, 0.2) is 11.6 Å². The number of H-pyrrole nitrogens is 1. The van der Waals surface area contributed by atoms with Gasteiger partial charge >= 0.3 is 0 Å². The molecule has 0 amide bonds. The molecule has 6 rings (SSSR count). The van der Waals surface area contributed by atoms with Crippen molar-refractivity contribution in [2.75, 3.05) is 16.8 Å². The molecule has 1 unspecified atom stereocenters. The molecule has 1 aliphatic heterocycles. The number of anilines is 3. The highest BCUT2D eigenvalue weighted by molar-refractivity contribution is 6.29. The summed E-state index contributed by atoms with van der Waals surface area (Å²) in [5, 5.41) is 15.2. The Kier molecular flexibility index (Phi) is 4.71. The summed E-state index contributed by atoms with van der Waals surface area (Å²) in [5.74, 6) is 3.19. The Hall–Kier alpha value is -3.53. The van der Waals surface area contributed by atoms with Crippen molar-refractivity contribution in [1.29, 1.82) is 0 Å². The monoisotopic (exact) mass is 449 g/mol. The average Bonchev–Trinajstić information content (AvgIpc) is 3.20. The predicted molar refractivity (Wildman–Crippen MR) is 118 cm³/mol. The maximum Gasteiger partial charge on any atom is 0.229 e. The zero-order chi connectivity index (χ0) is 21.5. The number of aromatic amines is 1. The van der Waals surface area contributed by atoms with Crippen molar-refractivity contribution in [3.8, 4) is 11.4 Å². The largest absolute Gasteiger partial charge is 0.358 e. The van der Waals surface area contributed by atoms with Gasteiger partial charge in [0.2, 0.25) is 5.95 Å². The van der Waals surface area contributed by atoms with Crippen LogP contribution in [0.25, 0.3) is 11.4 Å². The number of hydrogen-bond donors (Lipinski definition) is 2. The molecule has 162 valence electrons. The van der Waals surface area contributed by atoms with Crippen molar-refractivity contribution < 1.29 is 4.52 Å². The topological polar surface area (TPSA) is 122 Å². The van der Waals surface area contributed by atoms with Crippen LogP contribution >= 0.6 is 11.6 Å². The molecule has 1 saturated heterocycles. The molecule has 4 aromatic rings. The molecule has 0 aromatic carbocycles. The van der Waals surface area contributed by atoms with Gasteiger partial charge in [-0.25, -0.2) is 4.98 Å². The molecule has 10 nitrogen and oxygen atoms in total. The number of rotatable bonds is 6. The summed E-state index contributed by atoms with van der Waals surface area (Å²) in [6.07, 6.45) is 9.22. The first-order valence-corrected chi connectivity index (χ1v) is 11.0. The van der Waals surface area contributed by atoms with E-state index in [9.17, 15) is 0 Å². The highest BCUT2D eigenvalue weighted by atomic mass is 35.5. The van der Waals surface area contributed by atoms with E-state index in [0.717, 1.165) is 36.7 Å². The van der Waals surface area contributed by atoms with Gasteiger partial charge in [-0.1, -0.05) is 16.8 Å². The molecule has 11 heteroatoms. The molecule has 1 saturated carbocycles. The van der Waals surface area contributed by atoms with Gasteiger partial charge in [0.1, 0.15) is 22.4 Å². The Morgan fingerprint density at radius 2 is 2.00 bits per heavy atom. The van der Waals surface area contributed by atoms with Crippen molar-refractivity contribution in [3.63, 3.8) is 0 Å². The molecule has 2 fully saturated rings. The predicted octanol–water partition coefficient (Wildman–Crippen LogP) is 4.26. The number of hydrogen-bond acceptors (Lipinski definition) is 9. The SMILES string of the molecule is Clc1cc(Nc2cc(C3CC3)[nH]n2)nc(N2CCCC2c2cc(-c3cnccn3)no2)n1. The smallest absolute Gasteiger partial charge is 0.229 e. The molecule has 5 heterocycles. The van der Waals surface area contributed by atoms with Crippen LogP contribution in [0.5, 0.6) is 0 Å². The van der Waals surface area contributed by atoms with Crippen molar-refractivity contribution in [2.45, 2.75) is 37.6 Å². The minimum Gasteiger partial charge on any atom is -0.358 e. The molecule has 0 spiro atoms. The molecule has 32 heavy (non-hydrogen) atoms. The van der Waals surface area contributed by atoms with Crippen molar-refractivity contribution in [1.82, 2.24) is 35.3 Å². The van der Waals surface area contributed by atoms with E-state index in [1.54, 1.807) is 24.7 Å². The van der Waals surface area contributed by atoms with Crippen molar-refractivity contribution >= 4 is 29.2 Å². The maximum absolute atomic E-state index is 6.34. The third-order valence-electron chi connectivity index (χ3n) is 5.75. The molecular formula is C21H20ClN9O. The fourth-order valence-electron chi connectivity index (χ4n) is 4.03. The van der Waals surface area contributed by atoms with Gasteiger partial charge < -0.3 is 14.7 Å². The summed E-state index contributed by atoms with van der Waals surface area (Å²) in [6, 6.07) is 5.59. The van der Waals surface area contributed by atoms with E-state index in [1.165, 1.54) is 12.8 Å². The molecule has 4 aromatic heterocycles. The number of nitrogens with zero attached hydrogens (tertiary/aromatic N) is 7. The summed E-state index contributed by atoms with van der Waals surface area (Å²) in [6.45, 7) is 0.792. The zero-order valence-corrected chi connectivity index (χ0v) is 17.8.